The molecule has 0 amide bonds. The minimum Gasteiger partial charge on any atom is -0.455 e. The van der Waals surface area contributed by atoms with Gasteiger partial charge in [0.15, 0.2) is 11.6 Å². The first-order chi connectivity index (χ1) is 28.3. The molecule has 0 fully saturated rings. The minimum atomic E-state index is 0.536. The summed E-state index contributed by atoms with van der Waals surface area (Å²) in [4.78, 5) is 15.8. The SMILES string of the molecule is c1ccc(-c2nc(-c3cccc4c3oc3cccc(-c5ccccc5)c34)nc(-n3c4ccccc4c4c5c6ccccc6n(-c6ccccc6)c5ccc43)n2)cc1. The van der Waals surface area contributed by atoms with Gasteiger partial charge in [0, 0.05) is 43.6 Å². The zero-order valence-corrected chi connectivity index (χ0v) is 30.5. The lowest BCUT2D eigenvalue weighted by molar-refractivity contribution is 0.669. The number of hydrogen-bond acceptors (Lipinski definition) is 4. The van der Waals surface area contributed by atoms with Crippen molar-refractivity contribution in [1.82, 2.24) is 24.1 Å². The fourth-order valence-electron chi connectivity index (χ4n) is 8.77. The van der Waals surface area contributed by atoms with Gasteiger partial charge in [0.25, 0.3) is 0 Å². The first kappa shape index (κ1) is 31.5. The van der Waals surface area contributed by atoms with Crippen LogP contribution in [0.1, 0.15) is 0 Å². The molecule has 4 heterocycles. The lowest BCUT2D eigenvalue weighted by atomic mass is 9.99. The Morgan fingerprint density at radius 2 is 0.895 bits per heavy atom. The molecule has 0 atom stereocenters. The molecule has 12 rings (SSSR count). The molecule has 12 aromatic rings. The van der Waals surface area contributed by atoms with E-state index in [1.807, 2.05) is 42.5 Å². The smallest absolute Gasteiger partial charge is 0.238 e. The third-order valence-electron chi connectivity index (χ3n) is 11.2. The number of hydrogen-bond donors (Lipinski definition) is 0. The van der Waals surface area contributed by atoms with Gasteiger partial charge in [-0.05, 0) is 59.7 Å². The lowest BCUT2D eigenvalue weighted by Crippen LogP contribution is -2.06. The van der Waals surface area contributed by atoms with Gasteiger partial charge in [-0.2, -0.15) is 9.97 Å². The summed E-state index contributed by atoms with van der Waals surface area (Å²) in [6.45, 7) is 0. The Balaban J connectivity index is 1.16. The van der Waals surface area contributed by atoms with Gasteiger partial charge in [0.1, 0.15) is 11.2 Å². The lowest BCUT2D eigenvalue weighted by Gasteiger charge is -2.11. The Labute approximate surface area is 326 Å². The second-order valence-electron chi connectivity index (χ2n) is 14.4. The Morgan fingerprint density at radius 3 is 1.61 bits per heavy atom. The van der Waals surface area contributed by atoms with Crippen molar-refractivity contribution in [2.75, 3.05) is 0 Å². The highest BCUT2D eigenvalue weighted by Gasteiger charge is 2.24. The summed E-state index contributed by atoms with van der Waals surface area (Å²) in [5.74, 6) is 1.66. The topological polar surface area (TPSA) is 61.7 Å². The van der Waals surface area contributed by atoms with Crippen LogP contribution in [0.3, 0.4) is 0 Å². The van der Waals surface area contributed by atoms with Crippen molar-refractivity contribution in [2.24, 2.45) is 0 Å². The van der Waals surface area contributed by atoms with Crippen molar-refractivity contribution in [2.45, 2.75) is 0 Å². The predicted molar refractivity (Wildman–Crippen MR) is 232 cm³/mol. The maximum Gasteiger partial charge on any atom is 0.238 e. The molecule has 0 aliphatic heterocycles. The van der Waals surface area contributed by atoms with Gasteiger partial charge >= 0.3 is 0 Å². The molecule has 57 heavy (non-hydrogen) atoms. The zero-order chi connectivity index (χ0) is 37.5. The average molecular weight is 730 g/mol. The highest BCUT2D eigenvalue weighted by molar-refractivity contribution is 6.29. The molecule has 8 aromatic carbocycles. The molecule has 0 aliphatic rings. The zero-order valence-electron chi connectivity index (χ0n) is 30.5. The fourth-order valence-corrected chi connectivity index (χ4v) is 8.77. The largest absolute Gasteiger partial charge is 0.455 e. The fraction of sp³-hybridized carbons (Fsp3) is 0. The maximum absolute atomic E-state index is 6.74. The first-order valence-corrected chi connectivity index (χ1v) is 19.1. The van der Waals surface area contributed by atoms with Crippen LogP contribution >= 0.6 is 0 Å². The highest BCUT2D eigenvalue weighted by Crippen LogP contribution is 2.43. The van der Waals surface area contributed by atoms with Gasteiger partial charge < -0.3 is 8.98 Å². The van der Waals surface area contributed by atoms with Crippen molar-refractivity contribution < 1.29 is 4.42 Å². The molecular formula is C51H31N5O. The van der Waals surface area contributed by atoms with E-state index in [0.29, 0.717) is 17.6 Å². The Morgan fingerprint density at radius 1 is 0.351 bits per heavy atom. The summed E-state index contributed by atoms with van der Waals surface area (Å²) in [6.07, 6.45) is 0. The van der Waals surface area contributed by atoms with Crippen LogP contribution in [-0.4, -0.2) is 24.1 Å². The number of para-hydroxylation sites is 4. The third-order valence-corrected chi connectivity index (χ3v) is 11.2. The Kier molecular flexibility index (Phi) is 6.83. The number of fused-ring (bicyclic) bond motifs is 10. The first-order valence-electron chi connectivity index (χ1n) is 19.1. The van der Waals surface area contributed by atoms with E-state index < -0.39 is 0 Å². The molecule has 0 unspecified atom stereocenters. The van der Waals surface area contributed by atoms with E-state index >= 15 is 0 Å². The van der Waals surface area contributed by atoms with E-state index in [-0.39, 0.29) is 0 Å². The Hall–Kier alpha value is -7.83. The third kappa shape index (κ3) is 4.74. The summed E-state index contributed by atoms with van der Waals surface area (Å²) in [7, 11) is 0. The van der Waals surface area contributed by atoms with E-state index in [2.05, 4.69) is 155 Å². The molecule has 4 aromatic heterocycles. The summed E-state index contributed by atoms with van der Waals surface area (Å²) in [6, 6.07) is 65.4. The molecular weight excluding hydrogens is 699 g/mol. The summed E-state index contributed by atoms with van der Waals surface area (Å²) >= 11 is 0. The summed E-state index contributed by atoms with van der Waals surface area (Å²) in [5, 5.41) is 6.76. The van der Waals surface area contributed by atoms with Crippen molar-refractivity contribution in [3.8, 4) is 45.5 Å². The van der Waals surface area contributed by atoms with Crippen molar-refractivity contribution in [1.29, 1.82) is 0 Å². The van der Waals surface area contributed by atoms with Crippen LogP contribution in [0.4, 0.5) is 0 Å². The standard InChI is InChI=1S/C51H31N5O/c1-4-16-32(17-5-1)35-24-15-29-44-45(35)38-25-14-26-39(48(38)57-44)50-52-49(33-18-6-2-7-19-33)53-51(54-50)56-41-28-13-11-23-37(41)47-43(56)31-30-42-46(47)36-22-10-12-27-40(36)55(42)34-20-8-3-9-21-34/h1-31H. The monoisotopic (exact) mass is 729 g/mol. The molecule has 0 spiro atoms. The van der Waals surface area contributed by atoms with Gasteiger partial charge in [-0.1, -0.05) is 140 Å². The van der Waals surface area contributed by atoms with Crippen LogP contribution in [0.25, 0.3) is 111 Å². The van der Waals surface area contributed by atoms with Gasteiger partial charge in [0.05, 0.1) is 27.6 Å². The molecule has 0 aliphatic carbocycles. The second-order valence-corrected chi connectivity index (χ2v) is 14.4. The van der Waals surface area contributed by atoms with Gasteiger partial charge in [-0.15, -0.1) is 0 Å². The number of nitrogens with zero attached hydrogens (tertiary/aromatic N) is 5. The molecule has 0 radical (unpaired) electrons. The normalized spacial score (nSPS) is 11.9. The van der Waals surface area contributed by atoms with E-state index in [1.165, 1.54) is 10.8 Å². The molecule has 6 heteroatoms. The molecule has 0 saturated heterocycles. The summed E-state index contributed by atoms with van der Waals surface area (Å²) < 4.78 is 11.3. The van der Waals surface area contributed by atoms with Crippen molar-refractivity contribution in [3.05, 3.63) is 188 Å². The van der Waals surface area contributed by atoms with E-state index in [0.717, 1.165) is 82.7 Å². The maximum atomic E-state index is 6.74. The molecule has 266 valence electrons. The summed E-state index contributed by atoms with van der Waals surface area (Å²) in [5.41, 5.74) is 11.0. The van der Waals surface area contributed by atoms with E-state index in [4.69, 9.17) is 19.4 Å². The van der Waals surface area contributed by atoms with E-state index in [9.17, 15) is 0 Å². The Bertz CT molecular complexity index is 3510. The van der Waals surface area contributed by atoms with Crippen LogP contribution in [0.5, 0.6) is 0 Å². The second kappa shape index (κ2) is 12.3. The number of benzene rings is 8. The number of rotatable bonds is 5. The molecule has 0 bridgehead atoms. The van der Waals surface area contributed by atoms with Gasteiger partial charge in [0.2, 0.25) is 5.95 Å². The molecule has 0 N–H and O–H groups in total. The van der Waals surface area contributed by atoms with Gasteiger partial charge in [-0.3, -0.25) is 4.57 Å². The number of aromatic nitrogens is 5. The number of furan rings is 1. The quantitative estimate of drug-likeness (QED) is 0.177. The van der Waals surface area contributed by atoms with Crippen LogP contribution in [0, 0.1) is 0 Å². The van der Waals surface area contributed by atoms with Crippen LogP contribution in [0.15, 0.2) is 192 Å². The van der Waals surface area contributed by atoms with Crippen LogP contribution in [0.2, 0.25) is 0 Å². The van der Waals surface area contributed by atoms with Crippen molar-refractivity contribution in [3.63, 3.8) is 0 Å². The highest BCUT2D eigenvalue weighted by atomic mass is 16.3. The predicted octanol–water partition coefficient (Wildman–Crippen LogP) is 13.0. The van der Waals surface area contributed by atoms with Crippen LogP contribution in [-0.2, 0) is 0 Å². The van der Waals surface area contributed by atoms with Crippen molar-refractivity contribution >= 4 is 65.6 Å². The van der Waals surface area contributed by atoms with Gasteiger partial charge in [-0.25, -0.2) is 4.98 Å². The van der Waals surface area contributed by atoms with Crippen LogP contribution < -0.4 is 0 Å². The van der Waals surface area contributed by atoms with E-state index in [1.54, 1.807) is 0 Å². The average Bonchev–Trinajstić information content (AvgIpc) is 3.95. The molecule has 6 nitrogen and oxygen atoms in total. The molecule has 0 saturated carbocycles. The minimum absolute atomic E-state index is 0.536.